The highest BCUT2D eigenvalue weighted by Gasteiger charge is 2.67. The summed E-state index contributed by atoms with van der Waals surface area (Å²) in [6.07, 6.45) is 9.84. The molecule has 0 aromatic heterocycles. The van der Waals surface area contributed by atoms with Crippen LogP contribution in [-0.4, -0.2) is 50.0 Å². The SMILES string of the molecule is C=CC[N+]1=CC23CCC4(CC2(CC1)c1cc(OC)ccc1C3)OCCO4. The largest absolute Gasteiger partial charge is 0.497 e. The summed E-state index contributed by atoms with van der Waals surface area (Å²) in [4.78, 5) is 0. The molecule has 2 unspecified atom stereocenters. The van der Waals surface area contributed by atoms with Crippen LogP contribution in [0.3, 0.4) is 0 Å². The predicted molar refractivity (Wildman–Crippen MR) is 100 cm³/mol. The Kier molecular flexibility index (Phi) is 3.60. The van der Waals surface area contributed by atoms with Crippen molar-refractivity contribution in [2.24, 2.45) is 5.41 Å². The minimum atomic E-state index is -0.386. The summed E-state index contributed by atoms with van der Waals surface area (Å²) in [5.74, 6) is 0.568. The molecule has 2 aliphatic carbocycles. The first-order valence-corrected chi connectivity index (χ1v) is 9.81. The predicted octanol–water partition coefficient (Wildman–Crippen LogP) is 3.08. The highest BCUT2D eigenvalue weighted by molar-refractivity contribution is 5.71. The molecule has 4 heteroatoms. The van der Waals surface area contributed by atoms with E-state index in [0.717, 1.165) is 64.2 Å². The molecule has 2 fully saturated rings. The molecule has 2 heterocycles. The number of rotatable bonds is 3. The molecule has 26 heavy (non-hydrogen) atoms. The van der Waals surface area contributed by atoms with E-state index in [4.69, 9.17) is 14.2 Å². The Morgan fingerprint density at radius 3 is 2.85 bits per heavy atom. The molecule has 1 saturated carbocycles. The number of ether oxygens (including phenoxy) is 3. The summed E-state index contributed by atoms with van der Waals surface area (Å²) in [6.45, 7) is 7.37. The molecule has 5 rings (SSSR count). The first-order valence-electron chi connectivity index (χ1n) is 9.81. The number of hydrogen-bond acceptors (Lipinski definition) is 3. The average molecular weight is 354 g/mol. The quantitative estimate of drug-likeness (QED) is 0.617. The Bertz CT molecular complexity index is 780. The molecule has 0 bridgehead atoms. The highest BCUT2D eigenvalue weighted by atomic mass is 16.7. The Morgan fingerprint density at radius 2 is 2.08 bits per heavy atom. The fourth-order valence-corrected chi connectivity index (χ4v) is 6.13. The Labute approximate surface area is 155 Å². The number of benzene rings is 1. The van der Waals surface area contributed by atoms with Gasteiger partial charge in [-0.2, -0.15) is 0 Å². The molecule has 1 aromatic carbocycles. The van der Waals surface area contributed by atoms with Crippen LogP contribution in [0.2, 0.25) is 0 Å². The standard InChI is InChI=1S/C22H28NO3/c1-3-9-23-10-8-21-15-22(25-11-12-26-22)7-6-20(21,16-23)14-17-4-5-18(24-2)13-19(17)21/h3-5,13,16H,1,6-12,14-15H2,2H3/q+1. The first-order chi connectivity index (χ1) is 12.6. The van der Waals surface area contributed by atoms with Crippen molar-refractivity contribution in [2.75, 3.05) is 33.4 Å². The van der Waals surface area contributed by atoms with Gasteiger partial charge in [0.05, 0.1) is 25.7 Å². The van der Waals surface area contributed by atoms with Crippen molar-refractivity contribution in [1.29, 1.82) is 0 Å². The topological polar surface area (TPSA) is 30.7 Å². The van der Waals surface area contributed by atoms with Gasteiger partial charge in [-0.15, -0.1) is 0 Å². The Morgan fingerprint density at radius 1 is 1.23 bits per heavy atom. The minimum absolute atomic E-state index is 0.0805. The number of nitrogens with zero attached hydrogens (tertiary/aromatic N) is 1. The number of methoxy groups -OCH3 is 1. The molecule has 1 spiro atoms. The second-order valence-corrected chi connectivity index (χ2v) is 8.39. The molecule has 1 aromatic rings. The van der Waals surface area contributed by atoms with E-state index in [9.17, 15) is 0 Å². The third kappa shape index (κ3) is 2.12. The third-order valence-corrected chi connectivity index (χ3v) is 7.25. The zero-order chi connectivity index (χ0) is 17.8. The third-order valence-electron chi connectivity index (χ3n) is 7.25. The molecule has 0 N–H and O–H groups in total. The Hall–Kier alpha value is -1.65. The summed E-state index contributed by atoms with van der Waals surface area (Å²) >= 11 is 0. The molecule has 2 atom stereocenters. The van der Waals surface area contributed by atoms with E-state index in [2.05, 4.69) is 35.6 Å². The van der Waals surface area contributed by atoms with Crippen LogP contribution in [0.5, 0.6) is 5.75 Å². The lowest BCUT2D eigenvalue weighted by molar-refractivity contribution is -0.527. The van der Waals surface area contributed by atoms with Gasteiger partial charge in [0.25, 0.3) is 0 Å². The lowest BCUT2D eigenvalue weighted by atomic mass is 9.53. The van der Waals surface area contributed by atoms with Crippen molar-refractivity contribution in [3.8, 4) is 5.75 Å². The molecule has 4 aliphatic rings. The molecule has 2 aliphatic heterocycles. The van der Waals surface area contributed by atoms with Crippen molar-refractivity contribution in [3.05, 3.63) is 42.0 Å². The van der Waals surface area contributed by atoms with Crippen molar-refractivity contribution < 1.29 is 18.8 Å². The monoisotopic (exact) mass is 354 g/mol. The average Bonchev–Trinajstić information content (AvgIpc) is 3.22. The van der Waals surface area contributed by atoms with E-state index in [0.29, 0.717) is 0 Å². The lowest BCUT2D eigenvalue weighted by Crippen LogP contribution is -2.59. The maximum Gasteiger partial charge on any atom is 0.169 e. The van der Waals surface area contributed by atoms with Gasteiger partial charge in [-0.3, -0.25) is 0 Å². The van der Waals surface area contributed by atoms with Crippen LogP contribution in [-0.2, 0) is 21.3 Å². The van der Waals surface area contributed by atoms with E-state index in [1.165, 1.54) is 11.1 Å². The van der Waals surface area contributed by atoms with Crippen LogP contribution in [0.25, 0.3) is 0 Å². The molecule has 0 radical (unpaired) electrons. The summed E-state index contributed by atoms with van der Waals surface area (Å²) < 4.78 is 20.4. The minimum Gasteiger partial charge on any atom is -0.497 e. The van der Waals surface area contributed by atoms with Gasteiger partial charge in [-0.25, -0.2) is 4.58 Å². The fourth-order valence-electron chi connectivity index (χ4n) is 6.13. The molecular weight excluding hydrogens is 326 g/mol. The summed E-state index contributed by atoms with van der Waals surface area (Å²) in [6, 6.07) is 6.66. The summed E-state index contributed by atoms with van der Waals surface area (Å²) in [5.41, 5.74) is 3.17. The van der Waals surface area contributed by atoms with Gasteiger partial charge in [-0.1, -0.05) is 12.6 Å². The zero-order valence-electron chi connectivity index (χ0n) is 15.6. The van der Waals surface area contributed by atoms with E-state index in [1.54, 1.807) is 7.11 Å². The van der Waals surface area contributed by atoms with Gasteiger partial charge in [0.15, 0.2) is 12.3 Å². The van der Waals surface area contributed by atoms with Crippen LogP contribution in [0.15, 0.2) is 30.9 Å². The van der Waals surface area contributed by atoms with Gasteiger partial charge in [0, 0.05) is 24.7 Å². The maximum absolute atomic E-state index is 6.18. The molecule has 138 valence electrons. The molecular formula is C22H28NO3+. The first kappa shape index (κ1) is 16.5. The fraction of sp³-hybridized carbons (Fsp3) is 0.591. The van der Waals surface area contributed by atoms with Crippen LogP contribution in [0.4, 0.5) is 0 Å². The highest BCUT2D eigenvalue weighted by Crippen LogP contribution is 2.64. The smallest absolute Gasteiger partial charge is 0.169 e. The van der Waals surface area contributed by atoms with Crippen LogP contribution >= 0.6 is 0 Å². The Balaban J connectivity index is 1.66. The molecule has 4 nitrogen and oxygen atoms in total. The second kappa shape index (κ2) is 5.67. The molecule has 1 saturated heterocycles. The van der Waals surface area contributed by atoms with Gasteiger partial charge in [0.1, 0.15) is 18.5 Å². The van der Waals surface area contributed by atoms with Crippen molar-refractivity contribution >= 4 is 6.21 Å². The van der Waals surface area contributed by atoms with Crippen LogP contribution in [0, 0.1) is 5.41 Å². The van der Waals surface area contributed by atoms with Gasteiger partial charge in [0.2, 0.25) is 0 Å². The van der Waals surface area contributed by atoms with Gasteiger partial charge in [-0.05, 0) is 42.2 Å². The summed E-state index contributed by atoms with van der Waals surface area (Å²) in [7, 11) is 1.76. The summed E-state index contributed by atoms with van der Waals surface area (Å²) in [5, 5.41) is 0. The van der Waals surface area contributed by atoms with Crippen molar-refractivity contribution in [2.45, 2.75) is 43.3 Å². The zero-order valence-corrected chi connectivity index (χ0v) is 15.6. The normalized spacial score (nSPS) is 34.0. The van der Waals surface area contributed by atoms with E-state index >= 15 is 0 Å². The van der Waals surface area contributed by atoms with Gasteiger partial charge < -0.3 is 14.2 Å². The van der Waals surface area contributed by atoms with E-state index in [1.807, 2.05) is 6.08 Å². The maximum atomic E-state index is 6.18. The van der Waals surface area contributed by atoms with Gasteiger partial charge >= 0.3 is 0 Å². The van der Waals surface area contributed by atoms with Crippen LogP contribution < -0.4 is 4.74 Å². The second-order valence-electron chi connectivity index (χ2n) is 8.39. The van der Waals surface area contributed by atoms with Crippen LogP contribution in [0.1, 0.15) is 36.8 Å². The van der Waals surface area contributed by atoms with E-state index < -0.39 is 0 Å². The van der Waals surface area contributed by atoms with Crippen molar-refractivity contribution in [3.63, 3.8) is 0 Å². The number of hydrogen-bond donors (Lipinski definition) is 0. The van der Waals surface area contributed by atoms with Crippen molar-refractivity contribution in [1.82, 2.24) is 0 Å². The number of fused-ring (bicyclic) bond motifs is 1. The lowest BCUT2D eigenvalue weighted by Gasteiger charge is -2.53. The molecule has 0 amide bonds. The van der Waals surface area contributed by atoms with E-state index in [-0.39, 0.29) is 16.6 Å².